The van der Waals surface area contributed by atoms with Crippen LogP contribution in [0.5, 0.6) is 11.5 Å². The average molecular weight is 387 g/mol. The van der Waals surface area contributed by atoms with Gasteiger partial charge < -0.3 is 20.0 Å². The molecule has 2 N–H and O–H groups in total. The largest absolute Gasteiger partial charge is 0.507 e. The van der Waals surface area contributed by atoms with Crippen molar-refractivity contribution in [3.8, 4) is 11.5 Å². The fourth-order valence-corrected chi connectivity index (χ4v) is 3.99. The molecule has 0 bridgehead atoms. The summed E-state index contributed by atoms with van der Waals surface area (Å²) in [6.07, 6.45) is 1.92. The van der Waals surface area contributed by atoms with Crippen molar-refractivity contribution in [1.29, 1.82) is 0 Å². The predicted molar refractivity (Wildman–Crippen MR) is 99.7 cm³/mol. The molecule has 2 amide bonds. The molecule has 7 heteroatoms. The molecule has 1 fully saturated rings. The fraction of sp³-hybridized carbons (Fsp3) is 0.300. The summed E-state index contributed by atoms with van der Waals surface area (Å²) in [6, 6.07) is 9.04. The van der Waals surface area contributed by atoms with Crippen LogP contribution in [0.3, 0.4) is 0 Å². The van der Waals surface area contributed by atoms with Crippen molar-refractivity contribution in [3.05, 3.63) is 58.1 Å². The Labute approximate surface area is 161 Å². The number of aromatic hydroxyl groups is 2. The number of carbonyl (C=O) groups excluding carboxylic acids is 2. The Bertz CT molecular complexity index is 924. The Morgan fingerprint density at radius 1 is 1.04 bits per heavy atom. The minimum Gasteiger partial charge on any atom is -0.507 e. The third kappa shape index (κ3) is 3.00. The lowest BCUT2D eigenvalue weighted by molar-refractivity contribution is -0.135. The lowest BCUT2D eigenvalue weighted by Gasteiger charge is -2.28. The van der Waals surface area contributed by atoms with Crippen molar-refractivity contribution in [3.63, 3.8) is 0 Å². The molecule has 4 rings (SSSR count). The zero-order valence-electron chi connectivity index (χ0n) is 14.6. The Kier molecular flexibility index (Phi) is 4.44. The predicted octanol–water partition coefficient (Wildman–Crippen LogP) is 3.07. The molecular formula is C20H19ClN2O4. The van der Waals surface area contributed by atoms with E-state index in [0.717, 1.165) is 30.0 Å². The van der Waals surface area contributed by atoms with E-state index in [2.05, 4.69) is 0 Å². The third-order valence-electron chi connectivity index (χ3n) is 5.21. The molecule has 0 aliphatic carbocycles. The molecule has 1 atom stereocenters. The molecule has 2 heterocycles. The topological polar surface area (TPSA) is 81.1 Å². The number of likely N-dealkylation sites (tertiary alicyclic amines) is 1. The molecular weight excluding hydrogens is 368 g/mol. The van der Waals surface area contributed by atoms with Gasteiger partial charge in [0.15, 0.2) is 0 Å². The minimum atomic E-state index is -0.723. The normalized spacial score (nSPS) is 18.6. The second kappa shape index (κ2) is 6.78. The first kappa shape index (κ1) is 17.7. The van der Waals surface area contributed by atoms with Gasteiger partial charge in [0.25, 0.3) is 5.91 Å². The number of hydrogen-bond donors (Lipinski definition) is 2. The fourth-order valence-electron chi connectivity index (χ4n) is 3.83. The molecule has 6 nitrogen and oxygen atoms in total. The van der Waals surface area contributed by atoms with Gasteiger partial charge in [-0.25, -0.2) is 0 Å². The zero-order chi connectivity index (χ0) is 19.1. The molecule has 2 aromatic carbocycles. The van der Waals surface area contributed by atoms with Crippen molar-refractivity contribution in [2.45, 2.75) is 25.4 Å². The molecule has 140 valence electrons. The van der Waals surface area contributed by atoms with Crippen molar-refractivity contribution >= 4 is 23.4 Å². The standard InChI is InChI=1S/C20H19ClN2O4/c21-15-9-14(16(24)10-17(15)25)19(26)23-11-12-5-1-2-6-13(12)18(23)20(27)22-7-3-4-8-22/h1-2,5-6,9-10,18,24-25H,3-4,7-8,11H2/t18-/m0/s1. The van der Waals surface area contributed by atoms with E-state index in [4.69, 9.17) is 11.6 Å². The molecule has 0 saturated carbocycles. The molecule has 2 aliphatic heterocycles. The minimum absolute atomic E-state index is 0.0321. The number of hydrogen-bond acceptors (Lipinski definition) is 4. The van der Waals surface area contributed by atoms with Crippen molar-refractivity contribution in [2.24, 2.45) is 0 Å². The summed E-state index contributed by atoms with van der Waals surface area (Å²) in [6.45, 7) is 1.66. The number of carbonyl (C=O) groups is 2. The van der Waals surface area contributed by atoms with Crippen LogP contribution in [0.15, 0.2) is 36.4 Å². The van der Waals surface area contributed by atoms with Gasteiger partial charge in [0.1, 0.15) is 17.5 Å². The average Bonchev–Trinajstić information content (AvgIpc) is 3.31. The molecule has 0 aromatic heterocycles. The first-order chi connectivity index (χ1) is 13.0. The van der Waals surface area contributed by atoms with E-state index in [0.29, 0.717) is 13.1 Å². The van der Waals surface area contributed by atoms with Crippen molar-refractivity contribution in [1.82, 2.24) is 9.80 Å². The van der Waals surface area contributed by atoms with Crippen LogP contribution in [-0.2, 0) is 11.3 Å². The number of benzene rings is 2. The smallest absolute Gasteiger partial charge is 0.258 e. The molecule has 27 heavy (non-hydrogen) atoms. The summed E-state index contributed by atoms with van der Waals surface area (Å²) in [5, 5.41) is 19.7. The molecule has 2 aromatic rings. The molecule has 1 saturated heterocycles. The first-order valence-electron chi connectivity index (χ1n) is 8.86. The Balaban J connectivity index is 1.73. The van der Waals surface area contributed by atoms with Crippen LogP contribution in [0.4, 0.5) is 0 Å². The number of nitrogens with zero attached hydrogens (tertiary/aromatic N) is 2. The molecule has 0 radical (unpaired) electrons. The number of phenols is 2. The van der Waals surface area contributed by atoms with Gasteiger partial charge in [-0.05, 0) is 30.0 Å². The third-order valence-corrected chi connectivity index (χ3v) is 5.51. The van der Waals surface area contributed by atoms with Crippen molar-refractivity contribution < 1.29 is 19.8 Å². The quantitative estimate of drug-likeness (QED) is 0.831. The van der Waals surface area contributed by atoms with E-state index < -0.39 is 11.9 Å². The van der Waals surface area contributed by atoms with Gasteiger partial charge in [0, 0.05) is 25.7 Å². The van der Waals surface area contributed by atoms with Crippen LogP contribution in [-0.4, -0.2) is 44.9 Å². The van der Waals surface area contributed by atoms with Crippen LogP contribution in [0.1, 0.15) is 40.4 Å². The maximum Gasteiger partial charge on any atom is 0.258 e. The van der Waals surface area contributed by atoms with Gasteiger partial charge in [0.05, 0.1) is 10.6 Å². The molecule has 0 unspecified atom stereocenters. The van der Waals surface area contributed by atoms with E-state index in [1.807, 2.05) is 24.3 Å². The van der Waals surface area contributed by atoms with Gasteiger partial charge in [-0.2, -0.15) is 0 Å². The summed E-state index contributed by atoms with van der Waals surface area (Å²) >= 11 is 5.92. The summed E-state index contributed by atoms with van der Waals surface area (Å²) in [5.74, 6) is -1.27. The van der Waals surface area contributed by atoms with E-state index >= 15 is 0 Å². The summed E-state index contributed by atoms with van der Waals surface area (Å²) in [5.41, 5.74) is 1.68. The van der Waals surface area contributed by atoms with Crippen LogP contribution in [0, 0.1) is 0 Å². The second-order valence-electron chi connectivity index (χ2n) is 6.89. The number of phenolic OH excluding ortho intramolecular Hbond substituents is 2. The van der Waals surface area contributed by atoms with Crippen LogP contribution in [0.25, 0.3) is 0 Å². The SMILES string of the molecule is O=C([C@@H]1c2ccccc2CN1C(=O)c1cc(Cl)c(O)cc1O)N1CCCC1. The Morgan fingerprint density at radius 3 is 2.48 bits per heavy atom. The monoisotopic (exact) mass is 386 g/mol. The maximum atomic E-state index is 13.2. The number of amides is 2. The van der Waals surface area contributed by atoms with Gasteiger partial charge in [-0.1, -0.05) is 35.9 Å². The summed E-state index contributed by atoms with van der Waals surface area (Å²) in [4.78, 5) is 29.6. The Morgan fingerprint density at radius 2 is 1.74 bits per heavy atom. The highest BCUT2D eigenvalue weighted by atomic mass is 35.5. The van der Waals surface area contributed by atoms with Crippen molar-refractivity contribution in [2.75, 3.05) is 13.1 Å². The van der Waals surface area contributed by atoms with Gasteiger partial charge in [-0.3, -0.25) is 9.59 Å². The lowest BCUT2D eigenvalue weighted by Crippen LogP contribution is -2.41. The van der Waals surface area contributed by atoms with Gasteiger partial charge >= 0.3 is 0 Å². The number of fused-ring (bicyclic) bond motifs is 1. The van der Waals surface area contributed by atoms with E-state index in [9.17, 15) is 19.8 Å². The summed E-state index contributed by atoms with van der Waals surface area (Å²) < 4.78 is 0. The molecule has 2 aliphatic rings. The molecule has 0 spiro atoms. The number of halogens is 1. The maximum absolute atomic E-state index is 13.2. The summed E-state index contributed by atoms with van der Waals surface area (Å²) in [7, 11) is 0. The van der Waals surface area contributed by atoms with Gasteiger partial charge in [0.2, 0.25) is 5.91 Å². The van der Waals surface area contributed by atoms with Crippen LogP contribution >= 0.6 is 11.6 Å². The zero-order valence-corrected chi connectivity index (χ0v) is 15.3. The van der Waals surface area contributed by atoms with E-state index in [1.54, 1.807) is 4.90 Å². The number of rotatable bonds is 2. The highest BCUT2D eigenvalue weighted by Crippen LogP contribution is 2.39. The highest BCUT2D eigenvalue weighted by molar-refractivity contribution is 6.32. The van der Waals surface area contributed by atoms with Crippen LogP contribution < -0.4 is 0 Å². The van der Waals surface area contributed by atoms with E-state index in [1.165, 1.54) is 11.0 Å². The van der Waals surface area contributed by atoms with Gasteiger partial charge in [-0.15, -0.1) is 0 Å². The first-order valence-corrected chi connectivity index (χ1v) is 9.24. The Hall–Kier alpha value is -2.73. The highest BCUT2D eigenvalue weighted by Gasteiger charge is 2.41. The van der Waals surface area contributed by atoms with E-state index in [-0.39, 0.29) is 34.5 Å². The second-order valence-corrected chi connectivity index (χ2v) is 7.29. The lowest BCUT2D eigenvalue weighted by atomic mass is 10.0. The van der Waals surface area contributed by atoms with Crippen LogP contribution in [0.2, 0.25) is 5.02 Å².